The fourth-order valence-corrected chi connectivity index (χ4v) is 2.91. The monoisotopic (exact) mass is 351 g/mol. The molecule has 0 spiro atoms. The first kappa shape index (κ1) is 16.1. The first-order chi connectivity index (χ1) is 12.6. The summed E-state index contributed by atoms with van der Waals surface area (Å²) in [6, 6.07) is 16.4. The van der Waals surface area contributed by atoms with Crippen LogP contribution >= 0.6 is 0 Å². The zero-order valence-electron chi connectivity index (χ0n) is 13.5. The number of halogens is 1. The molecule has 4 aromatic rings. The molecule has 130 valence electrons. The summed E-state index contributed by atoms with van der Waals surface area (Å²) < 4.78 is 18.7. The largest absolute Gasteiger partial charge is 0.456 e. The second-order valence-electron chi connectivity index (χ2n) is 5.89. The van der Waals surface area contributed by atoms with E-state index in [1.54, 1.807) is 24.3 Å². The minimum absolute atomic E-state index is 0.0588. The Morgan fingerprint density at radius 3 is 2.58 bits per heavy atom. The molecule has 3 aromatic carbocycles. The van der Waals surface area contributed by atoms with E-state index in [9.17, 15) is 14.4 Å². The number of hydrogen-bond acceptors (Lipinski definition) is 4. The summed E-state index contributed by atoms with van der Waals surface area (Å²) in [6.07, 6.45) is 0.0588. The van der Waals surface area contributed by atoms with Gasteiger partial charge in [-0.2, -0.15) is 0 Å². The average molecular weight is 351 g/mol. The lowest BCUT2D eigenvalue weighted by Gasteiger charge is -2.09. The second kappa shape index (κ2) is 6.50. The molecule has 1 aromatic heterocycles. The Bertz CT molecular complexity index is 1100. The number of anilines is 1. The molecule has 6 heteroatoms. The molecule has 2 N–H and O–H groups in total. The Kier molecular flexibility index (Phi) is 4.02. The SMILES string of the molecule is O=C(Cc1ccc(F)cc1)Nc1cc2oc3ccccc3c2cc1OO. The molecule has 5 nitrogen and oxygen atoms in total. The average Bonchev–Trinajstić information content (AvgIpc) is 3.00. The molecule has 1 heterocycles. The van der Waals surface area contributed by atoms with Gasteiger partial charge in [0, 0.05) is 16.8 Å². The highest BCUT2D eigenvalue weighted by molar-refractivity contribution is 6.07. The van der Waals surface area contributed by atoms with E-state index in [2.05, 4.69) is 10.2 Å². The first-order valence-electron chi connectivity index (χ1n) is 7.95. The molecule has 0 atom stereocenters. The topological polar surface area (TPSA) is 71.7 Å². The van der Waals surface area contributed by atoms with Gasteiger partial charge in [-0.25, -0.2) is 9.65 Å². The van der Waals surface area contributed by atoms with Crippen LogP contribution in [0.3, 0.4) is 0 Å². The second-order valence-corrected chi connectivity index (χ2v) is 5.89. The Labute approximate surface area is 147 Å². The van der Waals surface area contributed by atoms with Crippen molar-refractivity contribution in [3.63, 3.8) is 0 Å². The molecule has 4 rings (SSSR count). The number of benzene rings is 3. The summed E-state index contributed by atoms with van der Waals surface area (Å²) in [5, 5.41) is 13.5. The Morgan fingerprint density at radius 1 is 1.04 bits per heavy atom. The molecular formula is C20H14FNO4. The molecule has 26 heavy (non-hydrogen) atoms. The maximum atomic E-state index is 13.0. The number of carbonyl (C=O) groups is 1. The smallest absolute Gasteiger partial charge is 0.228 e. The molecule has 0 saturated carbocycles. The van der Waals surface area contributed by atoms with Gasteiger partial charge in [0.1, 0.15) is 17.0 Å². The van der Waals surface area contributed by atoms with Crippen LogP contribution in [-0.2, 0) is 11.2 Å². The standard InChI is InChI=1S/C20H14FNO4/c21-13-7-5-12(6-8-13)9-20(23)22-16-11-18-15(10-19(16)26-24)14-3-1-2-4-17(14)25-18/h1-8,10-11,24H,9H2,(H,22,23). The van der Waals surface area contributed by atoms with Crippen molar-refractivity contribution in [1.82, 2.24) is 0 Å². The fourth-order valence-electron chi connectivity index (χ4n) is 2.91. The number of hydrogen-bond donors (Lipinski definition) is 2. The van der Waals surface area contributed by atoms with E-state index < -0.39 is 0 Å². The summed E-state index contributed by atoms with van der Waals surface area (Å²) in [4.78, 5) is 16.7. The van der Waals surface area contributed by atoms with Gasteiger partial charge in [-0.15, -0.1) is 0 Å². The summed E-state index contributed by atoms with van der Waals surface area (Å²) in [6.45, 7) is 0. The predicted octanol–water partition coefficient (Wildman–Crippen LogP) is 4.76. The van der Waals surface area contributed by atoms with Crippen LogP contribution in [0.4, 0.5) is 10.1 Å². The zero-order chi connectivity index (χ0) is 18.1. The van der Waals surface area contributed by atoms with E-state index in [0.29, 0.717) is 16.7 Å². The van der Waals surface area contributed by atoms with Gasteiger partial charge < -0.3 is 14.6 Å². The van der Waals surface area contributed by atoms with Crippen LogP contribution in [0.1, 0.15) is 5.56 Å². The number of nitrogens with one attached hydrogen (secondary N) is 1. The van der Waals surface area contributed by atoms with Crippen molar-refractivity contribution < 1.29 is 23.7 Å². The Morgan fingerprint density at radius 2 is 1.81 bits per heavy atom. The van der Waals surface area contributed by atoms with Gasteiger partial charge in [-0.05, 0) is 29.8 Å². The number of carbonyl (C=O) groups excluding carboxylic acids is 1. The molecule has 0 radical (unpaired) electrons. The molecule has 0 aliphatic rings. The Hall–Kier alpha value is -3.38. The van der Waals surface area contributed by atoms with Crippen LogP contribution in [-0.4, -0.2) is 11.2 Å². The zero-order valence-corrected chi connectivity index (χ0v) is 13.5. The molecule has 0 aliphatic heterocycles. The fraction of sp³-hybridized carbons (Fsp3) is 0.0500. The minimum Gasteiger partial charge on any atom is -0.456 e. The molecular weight excluding hydrogens is 337 g/mol. The van der Waals surface area contributed by atoms with Crippen molar-refractivity contribution in [2.75, 3.05) is 5.32 Å². The molecule has 0 unspecified atom stereocenters. The van der Waals surface area contributed by atoms with Gasteiger partial charge in [0.05, 0.1) is 12.1 Å². The molecule has 0 saturated heterocycles. The maximum Gasteiger partial charge on any atom is 0.228 e. The van der Waals surface area contributed by atoms with Crippen molar-refractivity contribution >= 4 is 33.5 Å². The highest BCUT2D eigenvalue weighted by atomic mass is 19.1. The highest BCUT2D eigenvalue weighted by Crippen LogP contribution is 2.36. The lowest BCUT2D eigenvalue weighted by Crippen LogP contribution is -2.15. The third-order valence-electron chi connectivity index (χ3n) is 4.13. The van der Waals surface area contributed by atoms with Crippen LogP contribution in [0.15, 0.2) is 65.1 Å². The summed E-state index contributed by atoms with van der Waals surface area (Å²) in [7, 11) is 0. The van der Waals surface area contributed by atoms with Gasteiger partial charge in [0.15, 0.2) is 5.75 Å². The van der Waals surface area contributed by atoms with Crippen LogP contribution in [0.2, 0.25) is 0 Å². The van der Waals surface area contributed by atoms with E-state index in [1.165, 1.54) is 12.1 Å². The molecule has 1 amide bonds. The first-order valence-corrected chi connectivity index (χ1v) is 7.95. The van der Waals surface area contributed by atoms with Crippen LogP contribution in [0.25, 0.3) is 21.9 Å². The normalized spacial score (nSPS) is 11.0. The molecule has 0 bridgehead atoms. The van der Waals surface area contributed by atoms with Crippen LogP contribution in [0, 0.1) is 5.82 Å². The number of rotatable bonds is 4. The van der Waals surface area contributed by atoms with Gasteiger partial charge in [-0.1, -0.05) is 30.3 Å². The number of para-hydroxylation sites is 1. The van der Waals surface area contributed by atoms with E-state index in [-0.39, 0.29) is 29.6 Å². The van der Waals surface area contributed by atoms with Gasteiger partial charge in [0.2, 0.25) is 5.91 Å². The number of furan rings is 1. The summed E-state index contributed by atoms with van der Waals surface area (Å²) >= 11 is 0. The lowest BCUT2D eigenvalue weighted by atomic mass is 10.1. The van der Waals surface area contributed by atoms with Crippen molar-refractivity contribution in [1.29, 1.82) is 0 Å². The third kappa shape index (κ3) is 2.98. The highest BCUT2D eigenvalue weighted by Gasteiger charge is 2.15. The summed E-state index contributed by atoms with van der Waals surface area (Å²) in [5.74, 6) is -0.581. The molecule has 0 aliphatic carbocycles. The number of fused-ring (bicyclic) bond motifs is 3. The van der Waals surface area contributed by atoms with Gasteiger partial charge in [0.25, 0.3) is 0 Å². The van der Waals surface area contributed by atoms with E-state index >= 15 is 0 Å². The minimum atomic E-state index is -0.361. The van der Waals surface area contributed by atoms with E-state index in [1.807, 2.05) is 24.3 Å². The van der Waals surface area contributed by atoms with Crippen molar-refractivity contribution in [2.45, 2.75) is 6.42 Å². The van der Waals surface area contributed by atoms with Crippen LogP contribution < -0.4 is 10.2 Å². The summed E-state index contributed by atoms with van der Waals surface area (Å²) in [5.41, 5.74) is 2.21. The maximum absolute atomic E-state index is 13.0. The lowest BCUT2D eigenvalue weighted by molar-refractivity contribution is -0.136. The van der Waals surface area contributed by atoms with Gasteiger partial charge in [-0.3, -0.25) is 4.79 Å². The third-order valence-corrected chi connectivity index (χ3v) is 4.13. The predicted molar refractivity (Wildman–Crippen MR) is 95.7 cm³/mol. The van der Waals surface area contributed by atoms with Crippen LogP contribution in [0.5, 0.6) is 5.75 Å². The van der Waals surface area contributed by atoms with Crippen molar-refractivity contribution in [2.24, 2.45) is 0 Å². The van der Waals surface area contributed by atoms with Gasteiger partial charge >= 0.3 is 0 Å². The van der Waals surface area contributed by atoms with E-state index in [4.69, 9.17) is 4.42 Å². The van der Waals surface area contributed by atoms with Crippen molar-refractivity contribution in [3.05, 3.63) is 72.0 Å². The van der Waals surface area contributed by atoms with Crippen molar-refractivity contribution in [3.8, 4) is 5.75 Å². The van der Waals surface area contributed by atoms with E-state index in [0.717, 1.165) is 10.8 Å². The quantitative estimate of drug-likeness (QED) is 0.411. The Balaban J connectivity index is 1.65. The molecule has 0 fully saturated rings. The number of amides is 1.